The summed E-state index contributed by atoms with van der Waals surface area (Å²) in [7, 11) is 0. The van der Waals surface area contributed by atoms with Crippen molar-refractivity contribution in [3.63, 3.8) is 0 Å². The van der Waals surface area contributed by atoms with Gasteiger partial charge >= 0.3 is 0 Å². The summed E-state index contributed by atoms with van der Waals surface area (Å²) in [6, 6.07) is 9.22. The molecule has 1 aromatic heterocycles. The number of piperazine rings is 1. The maximum atomic E-state index is 12.8. The molecule has 1 saturated heterocycles. The average molecular weight is 372 g/mol. The highest BCUT2D eigenvalue weighted by Crippen LogP contribution is 2.23. The van der Waals surface area contributed by atoms with Crippen molar-refractivity contribution in [3.05, 3.63) is 41.4 Å². The molecule has 0 spiro atoms. The Hall–Kier alpha value is -2.25. The third-order valence-electron chi connectivity index (χ3n) is 4.41. The van der Waals surface area contributed by atoms with Gasteiger partial charge in [0.2, 0.25) is 5.91 Å². The number of nitrogens with one attached hydrogen (secondary N) is 2. The van der Waals surface area contributed by atoms with Crippen LogP contribution in [0.5, 0.6) is 0 Å². The van der Waals surface area contributed by atoms with Gasteiger partial charge in [0.15, 0.2) is 0 Å². The first kappa shape index (κ1) is 18.5. The molecule has 26 heavy (non-hydrogen) atoms. The van der Waals surface area contributed by atoms with Crippen molar-refractivity contribution < 1.29 is 9.59 Å². The van der Waals surface area contributed by atoms with Crippen LogP contribution in [0.4, 0.5) is 0 Å². The fourth-order valence-electron chi connectivity index (χ4n) is 2.90. The normalized spacial score (nSPS) is 15.7. The minimum absolute atomic E-state index is 0.00793. The van der Waals surface area contributed by atoms with E-state index in [0.717, 1.165) is 23.7 Å². The molecule has 2 N–H and O–H groups in total. The summed E-state index contributed by atoms with van der Waals surface area (Å²) in [6.45, 7) is 6.82. The predicted octanol–water partition coefficient (Wildman–Crippen LogP) is 2.00. The number of rotatable bonds is 5. The SMILES string of the molecule is CC(C)[C@H](NC(=O)c1csc(-c2ccccc2)n1)C(=O)N1CCNCC1. The van der Waals surface area contributed by atoms with E-state index in [-0.39, 0.29) is 17.7 Å². The van der Waals surface area contributed by atoms with Gasteiger partial charge in [0.1, 0.15) is 16.7 Å². The molecule has 138 valence electrons. The lowest BCUT2D eigenvalue weighted by molar-refractivity contribution is -0.134. The van der Waals surface area contributed by atoms with Crippen molar-refractivity contribution >= 4 is 23.2 Å². The fourth-order valence-corrected chi connectivity index (χ4v) is 3.71. The van der Waals surface area contributed by atoms with Crippen LogP contribution in [0.1, 0.15) is 24.3 Å². The molecule has 1 atom stereocenters. The largest absolute Gasteiger partial charge is 0.339 e. The lowest BCUT2D eigenvalue weighted by atomic mass is 10.0. The second kappa shape index (κ2) is 8.42. The molecule has 0 radical (unpaired) electrons. The Labute approximate surface area is 157 Å². The van der Waals surface area contributed by atoms with E-state index >= 15 is 0 Å². The molecule has 1 aliphatic rings. The molecule has 2 amide bonds. The zero-order chi connectivity index (χ0) is 18.5. The summed E-state index contributed by atoms with van der Waals surface area (Å²) in [5.74, 6) is -0.312. The van der Waals surface area contributed by atoms with Gasteiger partial charge in [-0.05, 0) is 5.92 Å². The lowest BCUT2D eigenvalue weighted by Gasteiger charge is -2.32. The third-order valence-corrected chi connectivity index (χ3v) is 5.30. The van der Waals surface area contributed by atoms with Gasteiger partial charge in [0.05, 0.1) is 0 Å². The highest BCUT2D eigenvalue weighted by molar-refractivity contribution is 7.13. The number of aromatic nitrogens is 1. The Balaban J connectivity index is 1.70. The standard InChI is InChI=1S/C19H24N4O2S/c1-13(2)16(19(25)23-10-8-20-9-11-23)22-17(24)15-12-26-18(21-15)14-6-4-3-5-7-14/h3-7,12-13,16,20H,8-11H2,1-2H3,(H,22,24)/t16-/m0/s1. The van der Waals surface area contributed by atoms with Crippen molar-refractivity contribution in [1.29, 1.82) is 0 Å². The van der Waals surface area contributed by atoms with Gasteiger partial charge < -0.3 is 15.5 Å². The first-order chi connectivity index (χ1) is 12.6. The van der Waals surface area contributed by atoms with Crippen LogP contribution in [-0.4, -0.2) is 53.9 Å². The number of thiazole rings is 1. The Morgan fingerprint density at radius 3 is 2.54 bits per heavy atom. The maximum absolute atomic E-state index is 12.8. The summed E-state index contributed by atoms with van der Waals surface area (Å²) in [6.07, 6.45) is 0. The van der Waals surface area contributed by atoms with Crippen LogP contribution in [0.2, 0.25) is 0 Å². The van der Waals surface area contributed by atoms with Crippen LogP contribution in [0.25, 0.3) is 10.6 Å². The van der Waals surface area contributed by atoms with Crippen molar-refractivity contribution in [1.82, 2.24) is 20.5 Å². The van der Waals surface area contributed by atoms with Gasteiger partial charge in [-0.25, -0.2) is 4.98 Å². The van der Waals surface area contributed by atoms with Crippen LogP contribution in [-0.2, 0) is 4.79 Å². The van der Waals surface area contributed by atoms with Gasteiger partial charge in [0, 0.05) is 37.1 Å². The molecular formula is C19H24N4O2S. The first-order valence-electron chi connectivity index (χ1n) is 8.87. The molecule has 3 rings (SSSR count). The van der Waals surface area contributed by atoms with E-state index in [0.29, 0.717) is 18.8 Å². The Morgan fingerprint density at radius 1 is 1.19 bits per heavy atom. The molecule has 1 aliphatic heterocycles. The number of carbonyl (C=O) groups is 2. The quantitative estimate of drug-likeness (QED) is 0.842. The molecule has 2 aromatic rings. The summed E-state index contributed by atoms with van der Waals surface area (Å²) >= 11 is 1.43. The molecule has 0 saturated carbocycles. The zero-order valence-electron chi connectivity index (χ0n) is 15.1. The van der Waals surface area contributed by atoms with Crippen LogP contribution in [0.3, 0.4) is 0 Å². The molecule has 6 nitrogen and oxygen atoms in total. The van der Waals surface area contributed by atoms with Crippen molar-refractivity contribution in [2.24, 2.45) is 5.92 Å². The van der Waals surface area contributed by atoms with Crippen LogP contribution in [0, 0.1) is 5.92 Å². The highest BCUT2D eigenvalue weighted by atomic mass is 32.1. The molecule has 0 bridgehead atoms. The number of carbonyl (C=O) groups excluding carboxylic acids is 2. The van der Waals surface area contributed by atoms with E-state index in [4.69, 9.17) is 0 Å². The average Bonchev–Trinajstić information content (AvgIpc) is 3.17. The molecular weight excluding hydrogens is 348 g/mol. The third kappa shape index (κ3) is 4.28. The summed E-state index contributed by atoms with van der Waals surface area (Å²) < 4.78 is 0. The van der Waals surface area contributed by atoms with E-state index in [1.807, 2.05) is 49.1 Å². The van der Waals surface area contributed by atoms with Crippen molar-refractivity contribution in [2.45, 2.75) is 19.9 Å². The summed E-state index contributed by atoms with van der Waals surface area (Å²) in [4.78, 5) is 31.7. The van der Waals surface area contributed by atoms with Crippen LogP contribution in [0.15, 0.2) is 35.7 Å². The van der Waals surface area contributed by atoms with Crippen molar-refractivity contribution in [2.75, 3.05) is 26.2 Å². The molecule has 2 heterocycles. The topological polar surface area (TPSA) is 74.3 Å². The van der Waals surface area contributed by atoms with E-state index < -0.39 is 6.04 Å². The highest BCUT2D eigenvalue weighted by Gasteiger charge is 2.30. The van der Waals surface area contributed by atoms with Crippen LogP contribution < -0.4 is 10.6 Å². The number of hydrogen-bond donors (Lipinski definition) is 2. The van der Waals surface area contributed by atoms with Gasteiger partial charge in [-0.1, -0.05) is 44.2 Å². The number of nitrogens with zero attached hydrogens (tertiary/aromatic N) is 2. The number of hydrogen-bond acceptors (Lipinski definition) is 5. The van der Waals surface area contributed by atoms with Crippen LogP contribution >= 0.6 is 11.3 Å². The lowest BCUT2D eigenvalue weighted by Crippen LogP contribution is -2.55. The summed E-state index contributed by atoms with van der Waals surface area (Å²) in [5, 5.41) is 8.66. The minimum Gasteiger partial charge on any atom is -0.339 e. The molecule has 0 aliphatic carbocycles. The van der Waals surface area contributed by atoms with Gasteiger partial charge in [-0.15, -0.1) is 11.3 Å². The zero-order valence-corrected chi connectivity index (χ0v) is 15.9. The smallest absolute Gasteiger partial charge is 0.271 e. The number of amides is 2. The minimum atomic E-state index is -0.539. The molecule has 1 aromatic carbocycles. The second-order valence-corrected chi connectivity index (χ2v) is 7.53. The van der Waals surface area contributed by atoms with Gasteiger partial charge in [-0.2, -0.15) is 0 Å². The van der Waals surface area contributed by atoms with E-state index in [2.05, 4.69) is 15.6 Å². The first-order valence-corrected chi connectivity index (χ1v) is 9.75. The predicted molar refractivity (Wildman–Crippen MR) is 103 cm³/mol. The maximum Gasteiger partial charge on any atom is 0.271 e. The molecule has 1 fully saturated rings. The fraction of sp³-hybridized carbons (Fsp3) is 0.421. The summed E-state index contributed by atoms with van der Waals surface area (Å²) in [5.41, 5.74) is 1.33. The second-order valence-electron chi connectivity index (χ2n) is 6.67. The van der Waals surface area contributed by atoms with E-state index in [1.165, 1.54) is 11.3 Å². The van der Waals surface area contributed by atoms with Gasteiger partial charge in [0.25, 0.3) is 5.91 Å². The van der Waals surface area contributed by atoms with Crippen molar-refractivity contribution in [3.8, 4) is 10.6 Å². The number of benzene rings is 1. The monoisotopic (exact) mass is 372 g/mol. The van der Waals surface area contributed by atoms with Gasteiger partial charge in [-0.3, -0.25) is 9.59 Å². The Kier molecular flexibility index (Phi) is 6.00. The molecule has 0 unspecified atom stereocenters. The Morgan fingerprint density at radius 2 is 1.88 bits per heavy atom. The van der Waals surface area contributed by atoms with E-state index in [1.54, 1.807) is 5.38 Å². The molecule has 7 heteroatoms. The van der Waals surface area contributed by atoms with E-state index in [9.17, 15) is 9.59 Å². The Bertz CT molecular complexity index is 754.